The third-order valence-corrected chi connectivity index (χ3v) is 5.36. The zero-order valence-corrected chi connectivity index (χ0v) is 14.8. The van der Waals surface area contributed by atoms with E-state index < -0.39 is 0 Å². The van der Waals surface area contributed by atoms with Crippen LogP contribution in [-0.2, 0) is 22.6 Å². The molecule has 2 aliphatic heterocycles. The van der Waals surface area contributed by atoms with Gasteiger partial charge in [0.15, 0.2) is 0 Å². The van der Waals surface area contributed by atoms with E-state index in [1.807, 2.05) is 24.4 Å². The third-order valence-electron chi connectivity index (χ3n) is 5.36. The van der Waals surface area contributed by atoms with E-state index in [2.05, 4.69) is 21.3 Å². The summed E-state index contributed by atoms with van der Waals surface area (Å²) in [5.41, 5.74) is 1.23. The van der Waals surface area contributed by atoms with Crippen LogP contribution in [-0.4, -0.2) is 41.6 Å². The third kappa shape index (κ3) is 4.14. The minimum absolute atomic E-state index is 0.0595. The lowest BCUT2D eigenvalue weighted by Crippen LogP contribution is -2.50. The van der Waals surface area contributed by atoms with E-state index in [1.54, 1.807) is 12.5 Å². The Morgan fingerprint density at radius 1 is 1.35 bits per heavy atom. The molecule has 138 valence electrons. The summed E-state index contributed by atoms with van der Waals surface area (Å²) in [5, 5.41) is 2.97. The lowest BCUT2D eigenvalue weighted by Gasteiger charge is -2.43. The Morgan fingerprint density at radius 2 is 2.31 bits per heavy atom. The van der Waals surface area contributed by atoms with Gasteiger partial charge in [-0.1, -0.05) is 6.07 Å². The van der Waals surface area contributed by atoms with Gasteiger partial charge in [-0.2, -0.15) is 0 Å². The van der Waals surface area contributed by atoms with Crippen LogP contribution in [0.2, 0.25) is 0 Å². The largest absolute Gasteiger partial charge is 0.467 e. The van der Waals surface area contributed by atoms with Crippen molar-refractivity contribution < 1.29 is 13.9 Å². The van der Waals surface area contributed by atoms with Crippen LogP contribution in [0, 0.1) is 11.8 Å². The highest BCUT2D eigenvalue weighted by molar-refractivity contribution is 5.78. The van der Waals surface area contributed by atoms with Crippen LogP contribution >= 0.6 is 0 Å². The van der Waals surface area contributed by atoms with E-state index in [-0.39, 0.29) is 17.9 Å². The van der Waals surface area contributed by atoms with Crippen LogP contribution in [0.1, 0.15) is 24.2 Å². The van der Waals surface area contributed by atoms with Crippen molar-refractivity contribution in [2.24, 2.45) is 11.8 Å². The summed E-state index contributed by atoms with van der Waals surface area (Å²) in [6, 6.07) is 7.78. The highest BCUT2D eigenvalue weighted by atomic mass is 16.5. The van der Waals surface area contributed by atoms with Crippen molar-refractivity contribution in [1.82, 2.24) is 15.2 Å². The molecule has 0 spiro atoms. The van der Waals surface area contributed by atoms with Gasteiger partial charge in [-0.15, -0.1) is 0 Å². The van der Waals surface area contributed by atoms with E-state index >= 15 is 0 Å². The molecule has 1 N–H and O–H groups in total. The number of carbonyl (C=O) groups excluding carboxylic acids is 1. The van der Waals surface area contributed by atoms with E-state index in [4.69, 9.17) is 9.15 Å². The molecule has 2 aromatic rings. The van der Waals surface area contributed by atoms with Crippen molar-refractivity contribution in [1.29, 1.82) is 0 Å². The number of hydrogen-bond acceptors (Lipinski definition) is 5. The van der Waals surface area contributed by atoms with Crippen LogP contribution in [0.25, 0.3) is 0 Å². The number of piperidine rings is 1. The first-order valence-corrected chi connectivity index (χ1v) is 9.31. The average molecular weight is 355 g/mol. The van der Waals surface area contributed by atoms with Gasteiger partial charge in [0.2, 0.25) is 5.91 Å². The highest BCUT2D eigenvalue weighted by Crippen LogP contribution is 2.32. The van der Waals surface area contributed by atoms with E-state index in [0.29, 0.717) is 19.1 Å². The van der Waals surface area contributed by atoms with Gasteiger partial charge in [0, 0.05) is 32.0 Å². The summed E-state index contributed by atoms with van der Waals surface area (Å²) in [6.07, 6.45) is 7.55. The summed E-state index contributed by atoms with van der Waals surface area (Å²) in [4.78, 5) is 19.1. The number of amides is 1. The number of aromatic nitrogens is 1. The van der Waals surface area contributed by atoms with Crippen molar-refractivity contribution in [3.63, 3.8) is 0 Å². The fraction of sp³-hybridized carbons (Fsp3) is 0.500. The Hall–Kier alpha value is -2.18. The number of nitrogens with zero attached hydrogens (tertiary/aromatic N) is 2. The molecule has 0 saturated carbocycles. The topological polar surface area (TPSA) is 67.6 Å². The number of nitrogens with one attached hydrogen (secondary N) is 1. The molecule has 26 heavy (non-hydrogen) atoms. The molecule has 0 radical (unpaired) electrons. The first kappa shape index (κ1) is 17.2. The molecule has 0 aromatic carbocycles. The lowest BCUT2D eigenvalue weighted by atomic mass is 9.83. The molecule has 2 saturated heterocycles. The number of likely N-dealkylation sites (tertiary alicyclic amines) is 1. The minimum atomic E-state index is -0.0791. The Bertz CT molecular complexity index is 704. The molecule has 6 nitrogen and oxygen atoms in total. The maximum Gasteiger partial charge on any atom is 0.225 e. The van der Waals surface area contributed by atoms with Gasteiger partial charge in [-0.25, -0.2) is 0 Å². The first-order valence-electron chi connectivity index (χ1n) is 9.31. The van der Waals surface area contributed by atoms with Gasteiger partial charge in [0.1, 0.15) is 5.76 Å². The minimum Gasteiger partial charge on any atom is -0.467 e. The van der Waals surface area contributed by atoms with Gasteiger partial charge < -0.3 is 14.5 Å². The molecule has 4 rings (SSSR count). The van der Waals surface area contributed by atoms with Crippen LogP contribution in [0.5, 0.6) is 0 Å². The maximum absolute atomic E-state index is 12.5. The van der Waals surface area contributed by atoms with Crippen molar-refractivity contribution in [3.05, 3.63) is 54.2 Å². The van der Waals surface area contributed by atoms with Crippen LogP contribution in [0.15, 0.2) is 47.3 Å². The highest BCUT2D eigenvalue weighted by Gasteiger charge is 2.38. The predicted octanol–water partition coefficient (Wildman–Crippen LogP) is 2.22. The number of rotatable bonds is 5. The Balaban J connectivity index is 1.30. The number of hydrogen-bond donors (Lipinski definition) is 1. The van der Waals surface area contributed by atoms with Crippen LogP contribution in [0.3, 0.4) is 0 Å². The van der Waals surface area contributed by atoms with Crippen LogP contribution < -0.4 is 5.32 Å². The smallest absolute Gasteiger partial charge is 0.225 e. The number of carbonyl (C=O) groups is 1. The van der Waals surface area contributed by atoms with Gasteiger partial charge in [-0.3, -0.25) is 14.7 Å². The molecular weight excluding hydrogens is 330 g/mol. The van der Waals surface area contributed by atoms with Gasteiger partial charge in [0.05, 0.1) is 31.4 Å². The van der Waals surface area contributed by atoms with Crippen molar-refractivity contribution in [2.75, 3.05) is 19.7 Å². The van der Waals surface area contributed by atoms with Crippen molar-refractivity contribution >= 4 is 5.91 Å². The summed E-state index contributed by atoms with van der Waals surface area (Å²) >= 11 is 0. The summed E-state index contributed by atoms with van der Waals surface area (Å²) < 4.78 is 11.3. The van der Waals surface area contributed by atoms with E-state index in [1.165, 1.54) is 5.56 Å². The van der Waals surface area contributed by atoms with E-state index in [9.17, 15) is 4.79 Å². The molecule has 4 heterocycles. The SMILES string of the molecule is O=C(NCc1ccco1)[C@@H]1CO[C@@H]2CCN(Cc3cccnc3)C[C@@H]2C1. The quantitative estimate of drug-likeness (QED) is 0.891. The number of furan rings is 1. The monoisotopic (exact) mass is 355 g/mol. The second-order valence-corrected chi connectivity index (χ2v) is 7.25. The zero-order valence-electron chi connectivity index (χ0n) is 14.8. The molecule has 0 aliphatic carbocycles. The average Bonchev–Trinajstić information content (AvgIpc) is 3.20. The summed E-state index contributed by atoms with van der Waals surface area (Å²) in [7, 11) is 0. The number of pyridine rings is 1. The lowest BCUT2D eigenvalue weighted by molar-refractivity contribution is -0.139. The standard InChI is InChI=1S/C20H25N3O3/c24-20(22-11-18-4-2-8-25-18)17-9-16-13-23(7-5-19(16)26-14-17)12-15-3-1-6-21-10-15/h1-4,6,8,10,16-17,19H,5,7,9,11-14H2,(H,22,24)/t16-,17-,19+/m0/s1. The molecule has 3 atom stereocenters. The Labute approximate surface area is 153 Å². The number of ether oxygens (including phenoxy) is 1. The summed E-state index contributed by atoms with van der Waals surface area (Å²) in [5.74, 6) is 1.16. The fourth-order valence-corrected chi connectivity index (χ4v) is 4.01. The molecule has 0 bridgehead atoms. The van der Waals surface area contributed by atoms with Gasteiger partial charge in [-0.05, 0) is 42.5 Å². The predicted molar refractivity (Wildman–Crippen MR) is 96.0 cm³/mol. The normalized spacial score (nSPS) is 26.2. The first-order chi connectivity index (χ1) is 12.8. The second-order valence-electron chi connectivity index (χ2n) is 7.25. The van der Waals surface area contributed by atoms with E-state index in [0.717, 1.165) is 38.2 Å². The molecule has 2 fully saturated rings. The Morgan fingerprint density at radius 3 is 3.12 bits per heavy atom. The fourth-order valence-electron chi connectivity index (χ4n) is 4.01. The molecule has 0 unspecified atom stereocenters. The molecule has 2 aliphatic rings. The molecule has 2 aromatic heterocycles. The molecular formula is C20H25N3O3. The summed E-state index contributed by atoms with van der Waals surface area (Å²) in [6.45, 7) is 3.87. The van der Waals surface area contributed by atoms with Crippen LogP contribution in [0.4, 0.5) is 0 Å². The second kappa shape index (κ2) is 8.01. The molecule has 6 heteroatoms. The van der Waals surface area contributed by atoms with Crippen molar-refractivity contribution in [3.8, 4) is 0 Å². The maximum atomic E-state index is 12.5. The zero-order chi connectivity index (χ0) is 17.8. The number of fused-ring (bicyclic) bond motifs is 1. The molecule has 1 amide bonds. The Kier molecular flexibility index (Phi) is 5.32. The van der Waals surface area contributed by atoms with Gasteiger partial charge >= 0.3 is 0 Å². The van der Waals surface area contributed by atoms with Crippen molar-refractivity contribution in [2.45, 2.75) is 32.0 Å². The van der Waals surface area contributed by atoms with Gasteiger partial charge in [0.25, 0.3) is 0 Å².